The molecule has 1 N–H and O–H groups in total. The van der Waals surface area contributed by atoms with Crippen LogP contribution in [-0.2, 0) is 4.79 Å². The summed E-state index contributed by atoms with van der Waals surface area (Å²) in [6.07, 6.45) is 1.79. The normalized spacial score (nSPS) is 11.0. The van der Waals surface area contributed by atoms with Gasteiger partial charge in [0.1, 0.15) is 5.75 Å². The highest BCUT2D eigenvalue weighted by atomic mass is 79.9. The maximum absolute atomic E-state index is 11.5. The van der Waals surface area contributed by atoms with E-state index < -0.39 is 0 Å². The Kier molecular flexibility index (Phi) is 6.35. The predicted octanol–water partition coefficient (Wildman–Crippen LogP) is 4.10. The van der Waals surface area contributed by atoms with Gasteiger partial charge in [-0.05, 0) is 61.9 Å². The van der Waals surface area contributed by atoms with E-state index in [-0.39, 0.29) is 18.6 Å². The maximum Gasteiger partial charge on any atom is 0.258 e. The van der Waals surface area contributed by atoms with Crippen molar-refractivity contribution in [3.8, 4) is 5.75 Å². The average Bonchev–Trinajstić information content (AvgIpc) is 2.51. The van der Waals surface area contributed by atoms with Gasteiger partial charge in [-0.1, -0.05) is 22.0 Å². The summed E-state index contributed by atoms with van der Waals surface area (Å²) in [7, 11) is 0. The van der Waals surface area contributed by atoms with Crippen molar-refractivity contribution < 1.29 is 9.53 Å². The molecule has 0 saturated heterocycles. The molecule has 120 valence electrons. The van der Waals surface area contributed by atoms with Gasteiger partial charge in [0.15, 0.2) is 6.61 Å². The molecule has 0 aliphatic carbocycles. The van der Waals surface area contributed by atoms with Crippen molar-refractivity contribution in [1.82, 2.24) is 5.32 Å². The van der Waals surface area contributed by atoms with Crippen LogP contribution < -0.4 is 10.1 Å². The zero-order chi connectivity index (χ0) is 16.7. The van der Waals surface area contributed by atoms with Crippen LogP contribution in [0.25, 0.3) is 0 Å². The van der Waals surface area contributed by atoms with E-state index >= 15 is 0 Å². The second-order valence-electron chi connectivity index (χ2n) is 5.32. The second kappa shape index (κ2) is 8.48. The molecule has 0 spiro atoms. The minimum Gasteiger partial charge on any atom is -0.484 e. The summed E-state index contributed by atoms with van der Waals surface area (Å²) in [5.41, 5.74) is 1.84. The van der Waals surface area contributed by atoms with Crippen LogP contribution in [0.15, 0.2) is 58.0 Å². The van der Waals surface area contributed by atoms with E-state index in [2.05, 4.69) is 26.2 Å². The van der Waals surface area contributed by atoms with Crippen molar-refractivity contribution in [2.45, 2.75) is 19.9 Å². The van der Waals surface area contributed by atoms with Crippen molar-refractivity contribution >= 4 is 33.7 Å². The van der Waals surface area contributed by atoms with Crippen molar-refractivity contribution in [3.63, 3.8) is 0 Å². The van der Waals surface area contributed by atoms with Gasteiger partial charge in [-0.15, -0.1) is 0 Å². The third kappa shape index (κ3) is 6.24. The Morgan fingerprint density at radius 3 is 2.65 bits per heavy atom. The zero-order valence-corrected chi connectivity index (χ0v) is 14.7. The highest BCUT2D eigenvalue weighted by molar-refractivity contribution is 9.10. The van der Waals surface area contributed by atoms with Crippen LogP contribution >= 0.6 is 15.9 Å². The lowest BCUT2D eigenvalue weighted by Crippen LogP contribution is -2.34. The molecule has 0 aromatic heterocycles. The van der Waals surface area contributed by atoms with Crippen LogP contribution in [0, 0.1) is 0 Å². The predicted molar refractivity (Wildman–Crippen MR) is 96.6 cm³/mol. The molecular formula is C18H19BrN2O2. The van der Waals surface area contributed by atoms with Gasteiger partial charge >= 0.3 is 0 Å². The van der Waals surface area contributed by atoms with Crippen LogP contribution in [0.1, 0.15) is 19.4 Å². The van der Waals surface area contributed by atoms with Gasteiger partial charge in [-0.25, -0.2) is 0 Å². The molecule has 0 aliphatic heterocycles. The molecule has 2 aromatic carbocycles. The van der Waals surface area contributed by atoms with Gasteiger partial charge in [-0.2, -0.15) is 0 Å². The van der Waals surface area contributed by atoms with Gasteiger partial charge in [0.05, 0.1) is 5.69 Å². The SMILES string of the molecule is CC(C)NC(=O)COc1ccc(C=Nc2cccc(Br)c2)cc1. The molecule has 4 nitrogen and oxygen atoms in total. The minimum absolute atomic E-state index is 0.0175. The summed E-state index contributed by atoms with van der Waals surface area (Å²) < 4.78 is 6.44. The topological polar surface area (TPSA) is 50.7 Å². The number of ether oxygens (including phenoxy) is 1. The summed E-state index contributed by atoms with van der Waals surface area (Å²) in [6, 6.07) is 15.3. The van der Waals surface area contributed by atoms with Crippen LogP contribution in [0.3, 0.4) is 0 Å². The molecule has 1 amide bonds. The fourth-order valence-corrected chi connectivity index (χ4v) is 2.26. The van der Waals surface area contributed by atoms with Crippen molar-refractivity contribution in [1.29, 1.82) is 0 Å². The third-order valence-electron chi connectivity index (χ3n) is 2.87. The number of carbonyl (C=O) groups is 1. The second-order valence-corrected chi connectivity index (χ2v) is 6.23. The number of nitrogens with one attached hydrogen (secondary N) is 1. The molecule has 0 unspecified atom stereocenters. The fourth-order valence-electron chi connectivity index (χ4n) is 1.87. The van der Waals surface area contributed by atoms with Gasteiger partial charge in [0.2, 0.25) is 0 Å². The van der Waals surface area contributed by atoms with E-state index in [1.165, 1.54) is 0 Å². The number of hydrogen-bond donors (Lipinski definition) is 1. The molecular weight excluding hydrogens is 356 g/mol. The Morgan fingerprint density at radius 1 is 1.26 bits per heavy atom. The number of amides is 1. The molecule has 0 heterocycles. The molecule has 2 rings (SSSR count). The monoisotopic (exact) mass is 374 g/mol. The fraction of sp³-hybridized carbons (Fsp3) is 0.222. The Morgan fingerprint density at radius 2 is 2.00 bits per heavy atom. The van der Waals surface area contributed by atoms with Gasteiger partial charge in [0, 0.05) is 16.7 Å². The molecule has 0 fully saturated rings. The van der Waals surface area contributed by atoms with Crippen LogP contribution in [0.2, 0.25) is 0 Å². The number of nitrogens with zero attached hydrogens (tertiary/aromatic N) is 1. The first kappa shape index (κ1) is 17.2. The smallest absolute Gasteiger partial charge is 0.258 e. The summed E-state index contributed by atoms with van der Waals surface area (Å²) in [5.74, 6) is 0.531. The summed E-state index contributed by atoms with van der Waals surface area (Å²) >= 11 is 3.42. The van der Waals surface area contributed by atoms with E-state index in [0.29, 0.717) is 5.75 Å². The average molecular weight is 375 g/mol. The molecule has 0 aliphatic rings. The number of hydrogen-bond acceptors (Lipinski definition) is 3. The van der Waals surface area contributed by atoms with Crippen LogP contribution in [0.5, 0.6) is 5.75 Å². The van der Waals surface area contributed by atoms with E-state index in [1.807, 2.05) is 62.4 Å². The highest BCUT2D eigenvalue weighted by Crippen LogP contribution is 2.18. The van der Waals surface area contributed by atoms with E-state index in [9.17, 15) is 4.79 Å². The lowest BCUT2D eigenvalue weighted by Gasteiger charge is -2.09. The van der Waals surface area contributed by atoms with Gasteiger partial charge in [-0.3, -0.25) is 9.79 Å². The van der Waals surface area contributed by atoms with E-state index in [1.54, 1.807) is 6.21 Å². The number of benzene rings is 2. The summed E-state index contributed by atoms with van der Waals surface area (Å²) in [6.45, 7) is 3.85. The molecule has 23 heavy (non-hydrogen) atoms. The third-order valence-corrected chi connectivity index (χ3v) is 3.36. The quantitative estimate of drug-likeness (QED) is 0.773. The van der Waals surface area contributed by atoms with E-state index in [0.717, 1.165) is 15.7 Å². The first-order chi connectivity index (χ1) is 11.0. The molecule has 0 saturated carbocycles. The van der Waals surface area contributed by atoms with Crippen LogP contribution in [-0.4, -0.2) is 24.8 Å². The summed E-state index contributed by atoms with van der Waals surface area (Å²) in [5, 5.41) is 2.78. The first-order valence-corrected chi connectivity index (χ1v) is 8.14. The van der Waals surface area contributed by atoms with Crippen LogP contribution in [0.4, 0.5) is 5.69 Å². The van der Waals surface area contributed by atoms with Gasteiger partial charge < -0.3 is 10.1 Å². The number of aliphatic imine (C=N–C) groups is 1. The highest BCUT2D eigenvalue weighted by Gasteiger charge is 2.04. The largest absolute Gasteiger partial charge is 0.484 e. The number of rotatable bonds is 6. The van der Waals surface area contributed by atoms with Gasteiger partial charge in [0.25, 0.3) is 5.91 Å². The number of carbonyl (C=O) groups excluding carboxylic acids is 1. The molecule has 0 atom stereocenters. The molecule has 0 radical (unpaired) electrons. The Balaban J connectivity index is 1.90. The van der Waals surface area contributed by atoms with Crippen molar-refractivity contribution in [3.05, 3.63) is 58.6 Å². The molecule has 5 heteroatoms. The Hall–Kier alpha value is -2.14. The Bertz CT molecular complexity index is 682. The first-order valence-electron chi connectivity index (χ1n) is 7.35. The van der Waals surface area contributed by atoms with E-state index in [4.69, 9.17) is 4.74 Å². The number of halogens is 1. The maximum atomic E-state index is 11.5. The minimum atomic E-state index is -0.125. The van der Waals surface area contributed by atoms with Crippen molar-refractivity contribution in [2.24, 2.45) is 4.99 Å². The summed E-state index contributed by atoms with van der Waals surface area (Å²) in [4.78, 5) is 15.9. The molecule has 2 aromatic rings. The zero-order valence-electron chi connectivity index (χ0n) is 13.1. The molecule has 0 bridgehead atoms. The lowest BCUT2D eigenvalue weighted by molar-refractivity contribution is -0.123. The van der Waals surface area contributed by atoms with Crippen molar-refractivity contribution in [2.75, 3.05) is 6.61 Å². The Labute approximate surface area is 144 Å². The standard InChI is InChI=1S/C18H19BrN2O2/c1-13(2)21-18(22)12-23-17-8-6-14(7-9-17)11-20-16-5-3-4-15(19)10-16/h3-11,13H,12H2,1-2H3,(H,21,22). The lowest BCUT2D eigenvalue weighted by atomic mass is 10.2.